The van der Waals surface area contributed by atoms with Crippen LogP contribution in [0.25, 0.3) is 0 Å². The number of ether oxygens (including phenoxy) is 1. The van der Waals surface area contributed by atoms with Gasteiger partial charge in [0.1, 0.15) is 0 Å². The highest BCUT2D eigenvalue weighted by molar-refractivity contribution is 4.89. The average molecular weight is 240 g/mol. The summed E-state index contributed by atoms with van der Waals surface area (Å²) >= 11 is 0. The van der Waals surface area contributed by atoms with E-state index < -0.39 is 0 Å². The summed E-state index contributed by atoms with van der Waals surface area (Å²) in [6, 6.07) is 1.54. The maximum atomic E-state index is 5.22. The van der Waals surface area contributed by atoms with Crippen molar-refractivity contribution in [1.29, 1.82) is 0 Å². The minimum Gasteiger partial charge on any atom is -0.385 e. The third-order valence-corrected chi connectivity index (χ3v) is 4.58. The van der Waals surface area contributed by atoms with Crippen LogP contribution in [0, 0.1) is 5.92 Å². The van der Waals surface area contributed by atoms with Crippen molar-refractivity contribution in [2.75, 3.05) is 33.4 Å². The van der Waals surface area contributed by atoms with E-state index in [0.717, 1.165) is 18.6 Å². The Morgan fingerprint density at radius 1 is 1.29 bits per heavy atom. The second-order valence-corrected chi connectivity index (χ2v) is 5.67. The van der Waals surface area contributed by atoms with Gasteiger partial charge in [0.25, 0.3) is 0 Å². The Balaban J connectivity index is 1.86. The molecule has 0 aromatic rings. The SMILES string of the molecule is COCCC(C)N1CCCC1C1CCNCC1. The van der Waals surface area contributed by atoms with E-state index in [1.165, 1.54) is 51.7 Å². The summed E-state index contributed by atoms with van der Waals surface area (Å²) in [6.07, 6.45) is 6.74. The Kier molecular flexibility index (Phi) is 5.26. The van der Waals surface area contributed by atoms with Crippen molar-refractivity contribution in [3.63, 3.8) is 0 Å². The fourth-order valence-electron chi connectivity index (χ4n) is 3.55. The van der Waals surface area contributed by atoms with E-state index in [1.54, 1.807) is 7.11 Å². The second kappa shape index (κ2) is 6.72. The van der Waals surface area contributed by atoms with Crippen molar-refractivity contribution >= 4 is 0 Å². The zero-order valence-electron chi connectivity index (χ0n) is 11.5. The Labute approximate surface area is 106 Å². The van der Waals surface area contributed by atoms with Crippen LogP contribution in [0.5, 0.6) is 0 Å². The molecule has 0 spiro atoms. The van der Waals surface area contributed by atoms with E-state index in [9.17, 15) is 0 Å². The Morgan fingerprint density at radius 3 is 2.76 bits per heavy atom. The minimum absolute atomic E-state index is 0.692. The number of likely N-dealkylation sites (tertiary alicyclic amines) is 1. The Morgan fingerprint density at radius 2 is 2.06 bits per heavy atom. The zero-order valence-corrected chi connectivity index (χ0v) is 11.5. The van der Waals surface area contributed by atoms with Crippen LogP contribution in [-0.2, 0) is 4.74 Å². The highest BCUT2D eigenvalue weighted by Gasteiger charge is 2.34. The first-order valence-electron chi connectivity index (χ1n) is 7.28. The number of hydrogen-bond acceptors (Lipinski definition) is 3. The maximum Gasteiger partial charge on any atom is 0.0477 e. The van der Waals surface area contributed by atoms with Crippen molar-refractivity contribution < 1.29 is 4.74 Å². The molecule has 2 atom stereocenters. The molecule has 2 unspecified atom stereocenters. The highest BCUT2D eigenvalue weighted by Crippen LogP contribution is 2.31. The van der Waals surface area contributed by atoms with Crippen LogP contribution in [0.3, 0.4) is 0 Å². The molecule has 2 aliphatic heterocycles. The van der Waals surface area contributed by atoms with Gasteiger partial charge in [0, 0.05) is 25.8 Å². The first-order chi connectivity index (χ1) is 8.33. The number of methoxy groups -OCH3 is 1. The van der Waals surface area contributed by atoms with Crippen LogP contribution < -0.4 is 5.32 Å². The van der Waals surface area contributed by atoms with Crippen LogP contribution >= 0.6 is 0 Å². The van der Waals surface area contributed by atoms with Gasteiger partial charge in [0.05, 0.1) is 0 Å². The number of nitrogens with zero attached hydrogens (tertiary/aromatic N) is 1. The molecule has 0 aromatic heterocycles. The van der Waals surface area contributed by atoms with Gasteiger partial charge < -0.3 is 10.1 Å². The molecule has 1 N–H and O–H groups in total. The Bertz CT molecular complexity index is 216. The average Bonchev–Trinajstić information content (AvgIpc) is 2.86. The molecule has 0 radical (unpaired) electrons. The van der Waals surface area contributed by atoms with Crippen molar-refractivity contribution in [2.24, 2.45) is 5.92 Å². The molecule has 2 fully saturated rings. The number of nitrogens with one attached hydrogen (secondary N) is 1. The second-order valence-electron chi connectivity index (χ2n) is 5.67. The molecule has 100 valence electrons. The largest absolute Gasteiger partial charge is 0.385 e. The molecule has 3 nitrogen and oxygen atoms in total. The molecular formula is C14H28N2O. The van der Waals surface area contributed by atoms with E-state index in [0.29, 0.717) is 6.04 Å². The number of rotatable bonds is 5. The van der Waals surface area contributed by atoms with Gasteiger partial charge in [0.15, 0.2) is 0 Å². The molecule has 2 heterocycles. The summed E-state index contributed by atoms with van der Waals surface area (Å²) < 4.78 is 5.22. The lowest BCUT2D eigenvalue weighted by Crippen LogP contribution is -2.45. The first kappa shape index (κ1) is 13.3. The topological polar surface area (TPSA) is 24.5 Å². The molecule has 0 saturated carbocycles. The van der Waals surface area contributed by atoms with Crippen LogP contribution in [-0.4, -0.2) is 50.3 Å². The van der Waals surface area contributed by atoms with E-state index in [4.69, 9.17) is 4.74 Å². The van der Waals surface area contributed by atoms with Gasteiger partial charge in [-0.2, -0.15) is 0 Å². The minimum atomic E-state index is 0.692. The molecule has 0 bridgehead atoms. The van der Waals surface area contributed by atoms with Gasteiger partial charge in [-0.3, -0.25) is 4.90 Å². The maximum absolute atomic E-state index is 5.22. The molecule has 0 aliphatic carbocycles. The summed E-state index contributed by atoms with van der Waals surface area (Å²) in [5.41, 5.74) is 0. The molecule has 0 aromatic carbocycles. The zero-order chi connectivity index (χ0) is 12.1. The molecule has 17 heavy (non-hydrogen) atoms. The predicted octanol–water partition coefficient (Wildman–Crippen LogP) is 1.88. The van der Waals surface area contributed by atoms with E-state index in [1.807, 2.05) is 0 Å². The normalized spacial score (nSPS) is 29.6. The van der Waals surface area contributed by atoms with Gasteiger partial charge >= 0.3 is 0 Å². The molecular weight excluding hydrogens is 212 g/mol. The van der Waals surface area contributed by atoms with Gasteiger partial charge in [-0.1, -0.05) is 0 Å². The molecule has 3 heteroatoms. The Hall–Kier alpha value is -0.120. The molecule has 2 saturated heterocycles. The monoisotopic (exact) mass is 240 g/mol. The fraction of sp³-hybridized carbons (Fsp3) is 1.00. The lowest BCUT2D eigenvalue weighted by Gasteiger charge is -2.37. The smallest absolute Gasteiger partial charge is 0.0477 e. The van der Waals surface area contributed by atoms with E-state index in [-0.39, 0.29) is 0 Å². The number of piperidine rings is 1. The van der Waals surface area contributed by atoms with Crippen molar-refractivity contribution in [3.8, 4) is 0 Å². The van der Waals surface area contributed by atoms with Gasteiger partial charge in [-0.15, -0.1) is 0 Å². The van der Waals surface area contributed by atoms with Crippen LogP contribution in [0.15, 0.2) is 0 Å². The summed E-state index contributed by atoms with van der Waals surface area (Å²) in [5, 5.41) is 3.48. The molecule has 0 amide bonds. The van der Waals surface area contributed by atoms with Crippen LogP contribution in [0.4, 0.5) is 0 Å². The van der Waals surface area contributed by atoms with E-state index in [2.05, 4.69) is 17.1 Å². The summed E-state index contributed by atoms with van der Waals surface area (Å²) in [6.45, 7) is 7.03. The van der Waals surface area contributed by atoms with E-state index >= 15 is 0 Å². The molecule has 2 rings (SSSR count). The third-order valence-electron chi connectivity index (χ3n) is 4.58. The van der Waals surface area contributed by atoms with Crippen LogP contribution in [0.2, 0.25) is 0 Å². The van der Waals surface area contributed by atoms with Crippen LogP contribution in [0.1, 0.15) is 39.0 Å². The third kappa shape index (κ3) is 3.43. The summed E-state index contributed by atoms with van der Waals surface area (Å²) in [5.74, 6) is 0.934. The van der Waals surface area contributed by atoms with Gasteiger partial charge in [-0.25, -0.2) is 0 Å². The number of hydrogen-bond donors (Lipinski definition) is 1. The summed E-state index contributed by atoms with van der Waals surface area (Å²) in [7, 11) is 1.81. The first-order valence-corrected chi connectivity index (χ1v) is 7.28. The quantitative estimate of drug-likeness (QED) is 0.794. The predicted molar refractivity (Wildman–Crippen MR) is 71.3 cm³/mol. The lowest BCUT2D eigenvalue weighted by atomic mass is 9.88. The van der Waals surface area contributed by atoms with Gasteiger partial charge in [-0.05, 0) is 64.6 Å². The van der Waals surface area contributed by atoms with Crippen molar-refractivity contribution in [1.82, 2.24) is 10.2 Å². The fourth-order valence-corrected chi connectivity index (χ4v) is 3.55. The summed E-state index contributed by atoms with van der Waals surface area (Å²) in [4.78, 5) is 2.76. The van der Waals surface area contributed by atoms with Crippen molar-refractivity contribution in [3.05, 3.63) is 0 Å². The lowest BCUT2D eigenvalue weighted by molar-refractivity contribution is 0.0960. The highest BCUT2D eigenvalue weighted by atomic mass is 16.5. The standard InChI is InChI=1S/C14H28N2O/c1-12(7-11-17-2)16-10-3-4-14(16)13-5-8-15-9-6-13/h12-15H,3-11H2,1-2H3. The van der Waals surface area contributed by atoms with Gasteiger partial charge in [0.2, 0.25) is 0 Å². The molecule has 2 aliphatic rings. The van der Waals surface area contributed by atoms with Crippen molar-refractivity contribution in [2.45, 2.75) is 51.1 Å².